The van der Waals surface area contributed by atoms with Crippen LogP contribution in [-0.4, -0.2) is 23.3 Å². The number of aliphatic hydroxyl groups excluding tert-OH is 1. The van der Waals surface area contributed by atoms with Crippen molar-refractivity contribution in [2.75, 3.05) is 6.61 Å². The number of fused-ring (bicyclic) bond motifs is 2. The van der Waals surface area contributed by atoms with Crippen molar-refractivity contribution in [1.29, 1.82) is 0 Å². The van der Waals surface area contributed by atoms with E-state index in [1.165, 1.54) is 0 Å². The van der Waals surface area contributed by atoms with Gasteiger partial charge in [-0.15, -0.1) is 0 Å². The molecule has 4 rings (SSSR count). The molecule has 0 aromatic heterocycles. The largest absolute Gasteiger partial charge is 0.512 e. The highest BCUT2D eigenvalue weighted by molar-refractivity contribution is 5.97. The van der Waals surface area contributed by atoms with Gasteiger partial charge in [0.15, 0.2) is 17.2 Å². The number of carbonyl (C=O) groups excluding carboxylic acids is 1. The molecule has 2 fully saturated rings. The summed E-state index contributed by atoms with van der Waals surface area (Å²) in [6.45, 7) is 4.08. The maximum Gasteiger partial charge on any atom is 0.254 e. The van der Waals surface area contributed by atoms with Crippen molar-refractivity contribution in [1.82, 2.24) is 5.32 Å². The summed E-state index contributed by atoms with van der Waals surface area (Å²) in [4.78, 5) is 12.7. The Morgan fingerprint density at radius 2 is 2.29 bits per heavy atom. The van der Waals surface area contributed by atoms with Gasteiger partial charge < -0.3 is 19.9 Å². The van der Waals surface area contributed by atoms with Crippen LogP contribution in [0.5, 0.6) is 11.5 Å². The van der Waals surface area contributed by atoms with Crippen LogP contribution in [0.3, 0.4) is 0 Å². The summed E-state index contributed by atoms with van der Waals surface area (Å²) in [7, 11) is 0. The molecule has 5 heteroatoms. The highest BCUT2D eigenvalue weighted by Gasteiger charge is 2.58. The Morgan fingerprint density at radius 1 is 1.46 bits per heavy atom. The van der Waals surface area contributed by atoms with E-state index in [2.05, 4.69) is 5.32 Å². The lowest BCUT2D eigenvalue weighted by Gasteiger charge is -2.54. The molecule has 0 radical (unpaired) electrons. The normalized spacial score (nSPS) is 32.8. The fraction of sp³-hybridized carbons (Fsp3) is 0.526. The maximum atomic E-state index is 12.7. The van der Waals surface area contributed by atoms with Gasteiger partial charge in [-0.1, -0.05) is 18.6 Å². The van der Waals surface area contributed by atoms with Gasteiger partial charge in [0.25, 0.3) is 5.91 Å². The third-order valence-corrected chi connectivity index (χ3v) is 5.51. The SMILES string of the molecule is CCOc1cccc2c1O[C@@]13CCCC[C@@H]1[C@H]2/C(=C(/C)O)C(=O)N3. The molecule has 1 aliphatic carbocycles. The summed E-state index contributed by atoms with van der Waals surface area (Å²) in [5.41, 5.74) is 0.733. The Hall–Kier alpha value is -2.17. The third-order valence-electron chi connectivity index (χ3n) is 5.51. The lowest BCUT2D eigenvalue weighted by molar-refractivity contribution is -0.141. The minimum Gasteiger partial charge on any atom is -0.512 e. The van der Waals surface area contributed by atoms with Gasteiger partial charge in [0.1, 0.15) is 0 Å². The number of aliphatic hydroxyl groups is 1. The summed E-state index contributed by atoms with van der Waals surface area (Å²) in [6.07, 6.45) is 3.89. The van der Waals surface area contributed by atoms with Crippen molar-refractivity contribution in [3.05, 3.63) is 35.1 Å². The molecule has 3 atom stereocenters. The number of benzene rings is 1. The summed E-state index contributed by atoms with van der Waals surface area (Å²) >= 11 is 0. The van der Waals surface area contributed by atoms with Crippen molar-refractivity contribution >= 4 is 5.91 Å². The average molecular weight is 329 g/mol. The zero-order valence-corrected chi connectivity index (χ0v) is 14.1. The lowest BCUT2D eigenvalue weighted by atomic mass is 9.64. The number of carbonyl (C=O) groups is 1. The average Bonchev–Trinajstić information content (AvgIpc) is 2.54. The van der Waals surface area contributed by atoms with Gasteiger partial charge >= 0.3 is 0 Å². The summed E-state index contributed by atoms with van der Waals surface area (Å²) in [5.74, 6) is 1.28. The Labute approximate surface area is 141 Å². The number of hydrogen-bond donors (Lipinski definition) is 2. The molecule has 1 aromatic carbocycles. The molecule has 0 unspecified atom stereocenters. The first kappa shape index (κ1) is 15.4. The fourth-order valence-corrected chi connectivity index (χ4v) is 4.62. The Morgan fingerprint density at radius 3 is 3.04 bits per heavy atom. The number of allylic oxidation sites excluding steroid dienone is 1. The van der Waals surface area contributed by atoms with Crippen LogP contribution in [-0.2, 0) is 4.79 Å². The minimum atomic E-state index is -0.681. The highest BCUT2D eigenvalue weighted by Crippen LogP contribution is 2.57. The van der Waals surface area contributed by atoms with E-state index in [0.29, 0.717) is 23.7 Å². The van der Waals surface area contributed by atoms with E-state index in [0.717, 1.165) is 31.2 Å². The van der Waals surface area contributed by atoms with Gasteiger partial charge in [-0.2, -0.15) is 0 Å². The molecule has 2 aliphatic heterocycles. The molecule has 1 saturated heterocycles. The molecule has 2 heterocycles. The molecule has 2 bridgehead atoms. The van der Waals surface area contributed by atoms with Gasteiger partial charge in [-0.25, -0.2) is 0 Å². The van der Waals surface area contributed by atoms with Crippen LogP contribution in [0.15, 0.2) is 29.5 Å². The first-order chi connectivity index (χ1) is 11.6. The Bertz CT molecular complexity index is 722. The summed E-state index contributed by atoms with van der Waals surface area (Å²) in [5, 5.41) is 13.3. The number of hydrogen-bond acceptors (Lipinski definition) is 4. The van der Waals surface area contributed by atoms with Crippen LogP contribution >= 0.6 is 0 Å². The Balaban J connectivity index is 1.95. The number of nitrogens with one attached hydrogen (secondary N) is 1. The number of para-hydroxylation sites is 1. The second-order valence-corrected chi connectivity index (χ2v) is 6.88. The topological polar surface area (TPSA) is 67.8 Å². The number of piperidine rings is 1. The van der Waals surface area contributed by atoms with Crippen molar-refractivity contribution in [2.45, 2.75) is 51.2 Å². The van der Waals surface area contributed by atoms with Gasteiger partial charge in [-0.3, -0.25) is 4.79 Å². The molecule has 24 heavy (non-hydrogen) atoms. The summed E-state index contributed by atoms with van der Waals surface area (Å²) < 4.78 is 12.2. The zero-order chi connectivity index (χ0) is 16.9. The first-order valence-corrected chi connectivity index (χ1v) is 8.74. The first-order valence-electron chi connectivity index (χ1n) is 8.74. The van der Waals surface area contributed by atoms with Gasteiger partial charge in [0, 0.05) is 23.8 Å². The van der Waals surface area contributed by atoms with E-state index in [-0.39, 0.29) is 23.5 Å². The van der Waals surface area contributed by atoms with Crippen molar-refractivity contribution in [3.63, 3.8) is 0 Å². The standard InChI is InChI=1S/C19H23NO4/c1-3-23-14-9-6-7-12-16-13-8-4-5-10-19(13,24-17(12)14)20-18(22)15(16)11(2)21/h6-7,9,13,16,21H,3-5,8,10H2,1-2H3,(H,20,22)/b15-11+/t13-,16+,19+/m1/s1. The van der Waals surface area contributed by atoms with Crippen LogP contribution in [0.25, 0.3) is 0 Å². The predicted molar refractivity (Wildman–Crippen MR) is 89.1 cm³/mol. The predicted octanol–water partition coefficient (Wildman–Crippen LogP) is 3.41. The van der Waals surface area contributed by atoms with E-state index in [4.69, 9.17) is 9.47 Å². The zero-order valence-electron chi connectivity index (χ0n) is 14.1. The van der Waals surface area contributed by atoms with E-state index < -0.39 is 5.72 Å². The van der Waals surface area contributed by atoms with Crippen LogP contribution in [0.2, 0.25) is 0 Å². The van der Waals surface area contributed by atoms with Gasteiger partial charge in [-0.05, 0) is 32.8 Å². The highest BCUT2D eigenvalue weighted by atomic mass is 16.5. The quantitative estimate of drug-likeness (QED) is 0.644. The number of amides is 1. The number of rotatable bonds is 2. The van der Waals surface area contributed by atoms with Gasteiger partial charge in [0.05, 0.1) is 17.9 Å². The van der Waals surface area contributed by atoms with E-state index >= 15 is 0 Å². The molecule has 1 aromatic rings. The molecule has 128 valence electrons. The number of ether oxygens (including phenoxy) is 2. The lowest BCUT2D eigenvalue weighted by Crippen LogP contribution is -2.66. The molecule has 3 aliphatic rings. The van der Waals surface area contributed by atoms with E-state index in [1.807, 2.05) is 25.1 Å². The van der Waals surface area contributed by atoms with Gasteiger partial charge in [0.2, 0.25) is 0 Å². The molecule has 0 spiro atoms. The molecule has 1 amide bonds. The maximum absolute atomic E-state index is 12.7. The van der Waals surface area contributed by atoms with Crippen molar-refractivity contribution in [3.8, 4) is 11.5 Å². The molecular formula is C19H23NO4. The van der Waals surface area contributed by atoms with Crippen LogP contribution in [0.4, 0.5) is 0 Å². The molecule has 2 N–H and O–H groups in total. The van der Waals surface area contributed by atoms with E-state index in [1.54, 1.807) is 6.92 Å². The van der Waals surface area contributed by atoms with Crippen molar-refractivity contribution in [2.24, 2.45) is 5.92 Å². The monoisotopic (exact) mass is 329 g/mol. The Kier molecular flexibility index (Phi) is 3.48. The van der Waals surface area contributed by atoms with Crippen LogP contribution in [0, 0.1) is 5.92 Å². The fourth-order valence-electron chi connectivity index (χ4n) is 4.62. The van der Waals surface area contributed by atoms with Crippen LogP contribution in [0.1, 0.15) is 51.0 Å². The molecular weight excluding hydrogens is 306 g/mol. The second-order valence-electron chi connectivity index (χ2n) is 6.88. The molecule has 1 saturated carbocycles. The van der Waals surface area contributed by atoms with Crippen molar-refractivity contribution < 1.29 is 19.4 Å². The molecule has 5 nitrogen and oxygen atoms in total. The minimum absolute atomic E-state index is 0.0892. The smallest absolute Gasteiger partial charge is 0.254 e. The van der Waals surface area contributed by atoms with Crippen LogP contribution < -0.4 is 14.8 Å². The summed E-state index contributed by atoms with van der Waals surface area (Å²) in [6, 6.07) is 5.82. The second kappa shape index (κ2) is 5.43. The third kappa shape index (κ3) is 2.03. The van der Waals surface area contributed by atoms with E-state index in [9.17, 15) is 9.90 Å².